The number of nitrogens with one attached hydrogen (secondary N) is 1. The van der Waals surface area contributed by atoms with Gasteiger partial charge in [-0.1, -0.05) is 30.3 Å². The zero-order valence-corrected chi connectivity index (χ0v) is 14.5. The molecule has 0 aromatic heterocycles. The number of carbonyl (C=O) groups is 2. The molecular weight excluding hydrogens is 340 g/mol. The lowest BCUT2D eigenvalue weighted by molar-refractivity contribution is -0.165. The number of aliphatic hydroxyl groups excluding tert-OH is 2. The van der Waals surface area contributed by atoms with E-state index in [1.54, 1.807) is 0 Å². The van der Waals surface area contributed by atoms with Crippen LogP contribution in [0.4, 0.5) is 0 Å². The van der Waals surface area contributed by atoms with Gasteiger partial charge in [-0.25, -0.2) is 9.59 Å². The normalized spacial score (nSPS) is 24.7. The lowest BCUT2D eigenvalue weighted by atomic mass is 9.94. The van der Waals surface area contributed by atoms with Gasteiger partial charge in [0.2, 0.25) is 0 Å². The molecule has 2 aliphatic rings. The zero-order chi connectivity index (χ0) is 19.1. The van der Waals surface area contributed by atoms with Crippen molar-refractivity contribution < 1.29 is 30.0 Å². The van der Waals surface area contributed by atoms with Gasteiger partial charge in [0.15, 0.2) is 12.2 Å². The van der Waals surface area contributed by atoms with E-state index in [0.29, 0.717) is 0 Å². The van der Waals surface area contributed by atoms with Crippen LogP contribution in [0.25, 0.3) is 0 Å². The molecule has 1 aromatic carbocycles. The molecule has 8 nitrogen and oxygen atoms in total. The first-order valence-electron chi connectivity index (χ1n) is 8.70. The Kier molecular flexibility index (Phi) is 7.52. The molecule has 0 radical (unpaired) electrons. The predicted octanol–water partition coefficient (Wildman–Crippen LogP) is -0.252. The molecule has 0 bridgehead atoms. The summed E-state index contributed by atoms with van der Waals surface area (Å²) in [6.07, 6.45) is -1.75. The molecule has 2 saturated heterocycles. The largest absolute Gasteiger partial charge is 0.479 e. The van der Waals surface area contributed by atoms with E-state index in [1.807, 2.05) is 0 Å². The lowest BCUT2D eigenvalue weighted by Crippen LogP contribution is -2.40. The molecule has 3 rings (SSSR count). The summed E-state index contributed by atoms with van der Waals surface area (Å²) in [7, 11) is 0. The molecule has 2 heterocycles. The molecule has 0 amide bonds. The van der Waals surface area contributed by atoms with E-state index in [0.717, 1.165) is 18.5 Å². The number of piperidine rings is 1. The molecule has 0 unspecified atom stereocenters. The maximum Gasteiger partial charge on any atom is 0.335 e. The van der Waals surface area contributed by atoms with Gasteiger partial charge in [0.1, 0.15) is 0 Å². The lowest BCUT2D eigenvalue weighted by Gasteiger charge is -2.24. The highest BCUT2D eigenvalue weighted by Gasteiger charge is 2.33. The van der Waals surface area contributed by atoms with E-state index >= 15 is 0 Å². The second kappa shape index (κ2) is 9.63. The van der Waals surface area contributed by atoms with E-state index in [9.17, 15) is 9.59 Å². The van der Waals surface area contributed by atoms with Gasteiger partial charge >= 0.3 is 11.9 Å². The van der Waals surface area contributed by atoms with Gasteiger partial charge in [0.05, 0.1) is 0 Å². The number of carboxylic acid groups (broad SMARTS) is 2. The Labute approximate surface area is 152 Å². The topological polar surface area (TPSA) is 130 Å². The highest BCUT2D eigenvalue weighted by atomic mass is 16.4. The van der Waals surface area contributed by atoms with Crippen LogP contribution < -0.4 is 5.32 Å². The number of fused-ring (bicyclic) bond motifs is 1. The standard InChI is InChI=1S/C14H20N2.C4H6O6/c1-2-5-12(6-3-1)9-16-10-13-7-4-8-15-14(13)11-16;5-1(3(7)8)2(6)4(9)10/h1-3,5-6,13-15H,4,7-11H2;1-2,5-6H,(H,7,8)(H,9,10)/t13-,14+;1-,2-/m01/s1. The van der Waals surface area contributed by atoms with Gasteiger partial charge in [0.25, 0.3) is 0 Å². The fourth-order valence-corrected chi connectivity index (χ4v) is 3.38. The van der Waals surface area contributed by atoms with E-state index in [2.05, 4.69) is 40.5 Å². The molecule has 2 aliphatic heterocycles. The molecule has 0 spiro atoms. The fourth-order valence-electron chi connectivity index (χ4n) is 3.38. The van der Waals surface area contributed by atoms with Crippen molar-refractivity contribution in [3.8, 4) is 0 Å². The number of rotatable bonds is 5. The number of aliphatic carboxylic acids is 2. The SMILES string of the molecule is O=C(O)[C@H](O)[C@@H](O)C(=O)O.c1ccc(CN2C[C@@H]3CCCN[C@@H]3C2)cc1. The minimum atomic E-state index is -2.27. The quantitative estimate of drug-likeness (QED) is 0.482. The van der Waals surface area contributed by atoms with Crippen molar-refractivity contribution in [3.05, 3.63) is 35.9 Å². The number of likely N-dealkylation sites (tertiary alicyclic amines) is 1. The van der Waals surface area contributed by atoms with Crippen LogP contribution in [0, 0.1) is 5.92 Å². The number of benzene rings is 1. The average molecular weight is 366 g/mol. The van der Waals surface area contributed by atoms with E-state index in [4.69, 9.17) is 20.4 Å². The second-order valence-corrected chi connectivity index (χ2v) is 6.71. The number of aliphatic hydroxyl groups is 2. The first kappa shape index (κ1) is 20.3. The monoisotopic (exact) mass is 366 g/mol. The molecule has 8 heteroatoms. The van der Waals surface area contributed by atoms with Gasteiger partial charge in [-0.15, -0.1) is 0 Å². The summed E-state index contributed by atoms with van der Waals surface area (Å²) >= 11 is 0. The third kappa shape index (κ3) is 5.77. The maximum absolute atomic E-state index is 9.77. The molecule has 5 N–H and O–H groups in total. The van der Waals surface area contributed by atoms with Crippen LogP contribution in [0.2, 0.25) is 0 Å². The van der Waals surface area contributed by atoms with Crippen molar-refractivity contribution in [1.82, 2.24) is 10.2 Å². The summed E-state index contributed by atoms with van der Waals surface area (Å²) in [5.41, 5.74) is 1.45. The average Bonchev–Trinajstić information content (AvgIpc) is 3.03. The molecule has 26 heavy (non-hydrogen) atoms. The maximum atomic E-state index is 9.77. The number of hydrogen-bond acceptors (Lipinski definition) is 6. The first-order valence-corrected chi connectivity index (χ1v) is 8.70. The number of nitrogens with zero attached hydrogens (tertiary/aromatic N) is 1. The molecule has 4 atom stereocenters. The van der Waals surface area contributed by atoms with Crippen LogP contribution in [0.1, 0.15) is 18.4 Å². The summed E-state index contributed by atoms with van der Waals surface area (Å²) < 4.78 is 0. The fraction of sp³-hybridized carbons (Fsp3) is 0.556. The van der Waals surface area contributed by atoms with Crippen molar-refractivity contribution >= 4 is 11.9 Å². The van der Waals surface area contributed by atoms with Gasteiger partial charge in [-0.3, -0.25) is 4.90 Å². The number of carboxylic acids is 2. The molecule has 144 valence electrons. The van der Waals surface area contributed by atoms with Crippen molar-refractivity contribution in [1.29, 1.82) is 0 Å². The Morgan fingerprint density at radius 2 is 1.69 bits per heavy atom. The van der Waals surface area contributed by atoms with E-state index < -0.39 is 24.1 Å². The van der Waals surface area contributed by atoms with Crippen molar-refractivity contribution in [3.63, 3.8) is 0 Å². The number of hydrogen-bond donors (Lipinski definition) is 5. The Hall–Kier alpha value is -2.00. The van der Waals surface area contributed by atoms with Crippen LogP contribution in [0.3, 0.4) is 0 Å². The molecular formula is C18H26N2O6. The predicted molar refractivity (Wildman–Crippen MR) is 93.5 cm³/mol. The highest BCUT2D eigenvalue weighted by Crippen LogP contribution is 2.25. The van der Waals surface area contributed by atoms with Crippen LogP contribution in [-0.2, 0) is 16.1 Å². The third-order valence-corrected chi connectivity index (χ3v) is 4.73. The van der Waals surface area contributed by atoms with Crippen LogP contribution in [-0.4, -0.2) is 75.1 Å². The Morgan fingerprint density at radius 3 is 2.23 bits per heavy atom. The minimum absolute atomic E-state index is 0.762. The Balaban J connectivity index is 0.000000213. The summed E-state index contributed by atoms with van der Waals surface area (Å²) in [5.74, 6) is -2.64. The molecule has 0 saturated carbocycles. The van der Waals surface area contributed by atoms with Crippen molar-refractivity contribution in [2.24, 2.45) is 5.92 Å². The zero-order valence-electron chi connectivity index (χ0n) is 14.5. The molecule has 2 fully saturated rings. The summed E-state index contributed by atoms with van der Waals surface area (Å²) in [4.78, 5) is 22.1. The third-order valence-electron chi connectivity index (χ3n) is 4.73. The van der Waals surface area contributed by atoms with Crippen molar-refractivity contribution in [2.45, 2.75) is 37.6 Å². The molecule has 0 aliphatic carbocycles. The Bertz CT molecular complexity index is 565. The second-order valence-electron chi connectivity index (χ2n) is 6.71. The first-order chi connectivity index (χ1) is 12.4. The van der Waals surface area contributed by atoms with Gasteiger partial charge in [-0.2, -0.15) is 0 Å². The Morgan fingerprint density at radius 1 is 1.08 bits per heavy atom. The summed E-state index contributed by atoms with van der Waals surface area (Å²) in [5, 5.41) is 36.2. The van der Waals surface area contributed by atoms with Gasteiger partial charge in [-0.05, 0) is 30.9 Å². The smallest absolute Gasteiger partial charge is 0.335 e. The van der Waals surface area contributed by atoms with Crippen LogP contribution >= 0.6 is 0 Å². The van der Waals surface area contributed by atoms with Crippen molar-refractivity contribution in [2.75, 3.05) is 19.6 Å². The van der Waals surface area contributed by atoms with E-state index in [1.165, 1.54) is 38.0 Å². The summed E-state index contributed by atoms with van der Waals surface area (Å²) in [6, 6.07) is 11.6. The minimum Gasteiger partial charge on any atom is -0.479 e. The van der Waals surface area contributed by atoms with Gasteiger partial charge < -0.3 is 25.7 Å². The van der Waals surface area contributed by atoms with Crippen LogP contribution in [0.5, 0.6) is 0 Å². The summed E-state index contributed by atoms with van der Waals surface area (Å²) in [6.45, 7) is 4.86. The van der Waals surface area contributed by atoms with Gasteiger partial charge in [0, 0.05) is 25.7 Å². The van der Waals surface area contributed by atoms with Crippen LogP contribution in [0.15, 0.2) is 30.3 Å². The molecule has 1 aromatic rings. The van der Waals surface area contributed by atoms with E-state index in [-0.39, 0.29) is 0 Å². The highest BCUT2D eigenvalue weighted by molar-refractivity contribution is 5.83.